The number of nitrogens with zero attached hydrogens (tertiary/aromatic N) is 4. The van der Waals surface area contributed by atoms with Crippen molar-refractivity contribution in [2.24, 2.45) is 0 Å². The molecule has 30 heavy (non-hydrogen) atoms. The first-order chi connectivity index (χ1) is 14.8. The Morgan fingerprint density at radius 3 is 2.43 bits per heavy atom. The summed E-state index contributed by atoms with van der Waals surface area (Å²) in [7, 11) is 0. The van der Waals surface area contributed by atoms with Crippen LogP contribution < -0.4 is 4.90 Å². The molecule has 1 amide bonds. The largest absolute Gasteiger partial charge is 0.461 e. The molecule has 0 saturated heterocycles. The van der Waals surface area contributed by atoms with Crippen molar-refractivity contribution >= 4 is 23.4 Å². The van der Waals surface area contributed by atoms with Gasteiger partial charge in [-0.05, 0) is 36.4 Å². The van der Waals surface area contributed by atoms with Gasteiger partial charge in [0, 0.05) is 17.9 Å². The lowest BCUT2D eigenvalue weighted by Gasteiger charge is -2.21. The van der Waals surface area contributed by atoms with Crippen LogP contribution in [0.3, 0.4) is 0 Å². The first-order valence-corrected chi connectivity index (χ1v) is 10.4. The van der Waals surface area contributed by atoms with Crippen LogP contribution >= 0.6 is 11.8 Å². The van der Waals surface area contributed by atoms with E-state index in [2.05, 4.69) is 16.8 Å². The summed E-state index contributed by atoms with van der Waals surface area (Å²) in [5.41, 5.74) is 1.73. The fourth-order valence-corrected chi connectivity index (χ4v) is 3.86. The van der Waals surface area contributed by atoms with Gasteiger partial charge in [0.1, 0.15) is 0 Å². The molecule has 2 heterocycles. The van der Waals surface area contributed by atoms with E-state index in [1.807, 2.05) is 77.4 Å². The summed E-state index contributed by atoms with van der Waals surface area (Å²) in [6, 6.07) is 23.0. The number of aromatic nitrogens is 3. The maximum absolute atomic E-state index is 13.0. The lowest BCUT2D eigenvalue weighted by Crippen LogP contribution is -2.32. The van der Waals surface area contributed by atoms with Crippen LogP contribution in [0.5, 0.6) is 0 Å². The van der Waals surface area contributed by atoms with Crippen molar-refractivity contribution in [2.75, 3.05) is 17.2 Å². The van der Waals surface area contributed by atoms with E-state index in [0.717, 1.165) is 11.4 Å². The number of carbonyl (C=O) groups is 1. The van der Waals surface area contributed by atoms with Gasteiger partial charge in [-0.25, -0.2) is 0 Å². The number of rotatable bonds is 8. The molecule has 150 valence electrons. The van der Waals surface area contributed by atoms with Gasteiger partial charge in [0.25, 0.3) is 0 Å². The van der Waals surface area contributed by atoms with Crippen LogP contribution in [0, 0.1) is 0 Å². The van der Waals surface area contributed by atoms with Crippen molar-refractivity contribution in [3.63, 3.8) is 0 Å². The van der Waals surface area contributed by atoms with Gasteiger partial charge in [-0.3, -0.25) is 9.36 Å². The molecule has 0 aliphatic carbocycles. The smallest absolute Gasteiger partial charge is 0.237 e. The van der Waals surface area contributed by atoms with E-state index in [9.17, 15) is 4.79 Å². The zero-order chi connectivity index (χ0) is 20.8. The lowest BCUT2D eigenvalue weighted by atomic mass is 10.3. The van der Waals surface area contributed by atoms with Crippen molar-refractivity contribution in [1.29, 1.82) is 0 Å². The van der Waals surface area contributed by atoms with Crippen molar-refractivity contribution in [3.8, 4) is 17.3 Å². The molecule has 2 aromatic carbocycles. The minimum absolute atomic E-state index is 0.0340. The van der Waals surface area contributed by atoms with E-state index < -0.39 is 0 Å². The van der Waals surface area contributed by atoms with E-state index in [0.29, 0.717) is 23.3 Å². The summed E-state index contributed by atoms with van der Waals surface area (Å²) >= 11 is 1.34. The number of hydrogen-bond acceptors (Lipinski definition) is 5. The topological polar surface area (TPSA) is 64.2 Å². The summed E-state index contributed by atoms with van der Waals surface area (Å²) in [5, 5.41) is 9.25. The molecule has 7 heteroatoms. The lowest BCUT2D eigenvalue weighted by molar-refractivity contribution is -0.116. The van der Waals surface area contributed by atoms with Gasteiger partial charge in [-0.15, -0.1) is 16.8 Å². The molecule has 0 unspecified atom stereocenters. The van der Waals surface area contributed by atoms with E-state index in [1.54, 1.807) is 17.2 Å². The highest BCUT2D eigenvalue weighted by molar-refractivity contribution is 7.99. The zero-order valence-electron chi connectivity index (χ0n) is 16.2. The van der Waals surface area contributed by atoms with Gasteiger partial charge in [0.15, 0.2) is 10.9 Å². The fourth-order valence-electron chi connectivity index (χ4n) is 3.03. The summed E-state index contributed by atoms with van der Waals surface area (Å²) < 4.78 is 7.43. The number of amides is 1. The summed E-state index contributed by atoms with van der Waals surface area (Å²) in [5.74, 6) is 1.38. The molecular weight excluding hydrogens is 396 g/mol. The minimum atomic E-state index is -0.0340. The second-order valence-electron chi connectivity index (χ2n) is 6.37. The van der Waals surface area contributed by atoms with Gasteiger partial charge >= 0.3 is 0 Å². The molecule has 0 spiro atoms. The molecule has 0 radical (unpaired) electrons. The molecule has 0 atom stereocenters. The standard InChI is InChI=1S/C23H20N4O2S/c1-2-15-26(18-10-5-3-6-11-18)21(28)17-30-23-25-24-22(20-14-9-16-29-20)27(23)19-12-7-4-8-13-19/h2-14,16H,1,15,17H2. The molecule has 4 rings (SSSR count). The molecule has 0 bridgehead atoms. The minimum Gasteiger partial charge on any atom is -0.461 e. The van der Waals surface area contributed by atoms with Gasteiger partial charge in [0.05, 0.1) is 12.0 Å². The molecule has 0 aliphatic rings. The Kier molecular flexibility index (Phi) is 6.10. The van der Waals surface area contributed by atoms with Crippen LogP contribution in [-0.4, -0.2) is 33.0 Å². The molecule has 0 fully saturated rings. The predicted molar refractivity (Wildman–Crippen MR) is 119 cm³/mol. The first kappa shape index (κ1) is 19.7. The van der Waals surface area contributed by atoms with Gasteiger partial charge in [-0.2, -0.15) is 0 Å². The highest BCUT2D eigenvalue weighted by atomic mass is 32.2. The van der Waals surface area contributed by atoms with Crippen molar-refractivity contribution in [1.82, 2.24) is 14.8 Å². The molecule has 0 aliphatic heterocycles. The number of carbonyl (C=O) groups excluding carboxylic acids is 1. The summed E-state index contributed by atoms with van der Waals surface area (Å²) in [6.07, 6.45) is 3.32. The normalized spacial score (nSPS) is 10.7. The number of thioether (sulfide) groups is 1. The fraction of sp³-hybridized carbons (Fsp3) is 0.0870. The van der Waals surface area contributed by atoms with E-state index in [4.69, 9.17) is 4.42 Å². The van der Waals surface area contributed by atoms with Crippen LogP contribution in [0.1, 0.15) is 0 Å². The summed E-state index contributed by atoms with van der Waals surface area (Å²) in [6.45, 7) is 4.21. The third-order valence-corrected chi connectivity index (χ3v) is 5.31. The van der Waals surface area contributed by atoms with E-state index in [-0.39, 0.29) is 11.7 Å². The van der Waals surface area contributed by atoms with Gasteiger partial charge in [-0.1, -0.05) is 54.2 Å². The maximum atomic E-state index is 13.0. The SMILES string of the molecule is C=CCN(C(=O)CSc1nnc(-c2ccco2)n1-c1ccccc1)c1ccccc1. The Labute approximate surface area is 178 Å². The van der Waals surface area contributed by atoms with Gasteiger partial charge < -0.3 is 9.32 Å². The molecule has 6 nitrogen and oxygen atoms in total. The second-order valence-corrected chi connectivity index (χ2v) is 7.31. The number of hydrogen-bond donors (Lipinski definition) is 0. The number of anilines is 1. The average molecular weight is 417 g/mol. The Hall–Kier alpha value is -3.58. The average Bonchev–Trinajstić information content (AvgIpc) is 3.47. The van der Waals surface area contributed by atoms with Crippen LogP contribution in [0.25, 0.3) is 17.3 Å². The Morgan fingerprint density at radius 2 is 1.77 bits per heavy atom. The Morgan fingerprint density at radius 1 is 1.03 bits per heavy atom. The third-order valence-electron chi connectivity index (χ3n) is 4.39. The van der Waals surface area contributed by atoms with Crippen molar-refractivity contribution in [2.45, 2.75) is 5.16 Å². The van der Waals surface area contributed by atoms with Crippen LogP contribution in [-0.2, 0) is 4.79 Å². The van der Waals surface area contributed by atoms with Crippen molar-refractivity contribution in [3.05, 3.63) is 91.7 Å². The van der Waals surface area contributed by atoms with E-state index >= 15 is 0 Å². The number of furan rings is 1. The molecule has 0 N–H and O–H groups in total. The highest BCUT2D eigenvalue weighted by Crippen LogP contribution is 2.28. The van der Waals surface area contributed by atoms with Crippen molar-refractivity contribution < 1.29 is 9.21 Å². The summed E-state index contributed by atoms with van der Waals surface area (Å²) in [4.78, 5) is 14.7. The van der Waals surface area contributed by atoms with E-state index in [1.165, 1.54) is 11.8 Å². The van der Waals surface area contributed by atoms with Crippen LogP contribution in [0.15, 0.2) is 101 Å². The molecule has 2 aromatic heterocycles. The highest BCUT2D eigenvalue weighted by Gasteiger charge is 2.20. The number of benzene rings is 2. The first-order valence-electron chi connectivity index (χ1n) is 9.41. The molecular formula is C23H20N4O2S. The van der Waals surface area contributed by atoms with Crippen LogP contribution in [0.4, 0.5) is 5.69 Å². The van der Waals surface area contributed by atoms with Crippen LogP contribution in [0.2, 0.25) is 0 Å². The Balaban J connectivity index is 1.60. The number of para-hydroxylation sites is 2. The Bertz CT molecular complexity index is 1110. The maximum Gasteiger partial charge on any atom is 0.237 e. The quantitative estimate of drug-likeness (QED) is 0.304. The second kappa shape index (κ2) is 9.28. The third kappa shape index (κ3) is 4.21. The molecule has 0 saturated carbocycles. The zero-order valence-corrected chi connectivity index (χ0v) is 17.0. The monoisotopic (exact) mass is 416 g/mol. The predicted octanol–water partition coefficient (Wildman–Crippen LogP) is 4.84. The molecule has 4 aromatic rings. The van der Waals surface area contributed by atoms with Gasteiger partial charge in [0.2, 0.25) is 11.7 Å².